The van der Waals surface area contributed by atoms with Crippen molar-refractivity contribution in [3.63, 3.8) is 0 Å². The predicted molar refractivity (Wildman–Crippen MR) is 108 cm³/mol. The van der Waals surface area contributed by atoms with Gasteiger partial charge in [0.1, 0.15) is 12.3 Å². The molecule has 1 heterocycles. The largest absolute Gasteiger partial charge is 0.479 e. The fourth-order valence-electron chi connectivity index (χ4n) is 3.24. The molecular weight excluding hydrogens is 372 g/mol. The first-order valence-corrected chi connectivity index (χ1v) is 9.46. The number of aliphatic hydroxyl groups is 1. The van der Waals surface area contributed by atoms with Crippen molar-refractivity contribution in [1.82, 2.24) is 4.90 Å². The summed E-state index contributed by atoms with van der Waals surface area (Å²) < 4.78 is 5.63. The second-order valence-corrected chi connectivity index (χ2v) is 6.95. The van der Waals surface area contributed by atoms with Crippen LogP contribution in [-0.2, 0) is 16.1 Å². The predicted octanol–water partition coefficient (Wildman–Crippen LogP) is 2.02. The number of rotatable bonds is 7. The smallest absolute Gasteiger partial charge is 0.268 e. The third-order valence-electron chi connectivity index (χ3n) is 4.81. The first kappa shape index (κ1) is 20.5. The molecule has 1 N–H and O–H groups in total. The van der Waals surface area contributed by atoms with Crippen LogP contribution in [0.15, 0.2) is 48.5 Å². The van der Waals surface area contributed by atoms with Gasteiger partial charge >= 0.3 is 0 Å². The molecule has 2 aromatic carbocycles. The molecule has 1 aliphatic heterocycles. The van der Waals surface area contributed by atoms with Gasteiger partial charge in [-0.15, -0.1) is 0 Å². The summed E-state index contributed by atoms with van der Waals surface area (Å²) in [6, 6.07) is 14.3. The maximum absolute atomic E-state index is 13.0. The third-order valence-corrected chi connectivity index (χ3v) is 4.81. The molecule has 1 aliphatic rings. The van der Waals surface area contributed by atoms with Crippen molar-refractivity contribution in [1.29, 1.82) is 0 Å². The molecule has 0 saturated heterocycles. The lowest BCUT2D eigenvalue weighted by molar-refractivity contribution is -0.134. The average molecular weight is 396 g/mol. The highest BCUT2D eigenvalue weighted by molar-refractivity contribution is 6.05. The first-order chi connectivity index (χ1) is 13.9. The molecule has 3 rings (SSSR count). The monoisotopic (exact) mass is 396 g/mol. The van der Waals surface area contributed by atoms with E-state index in [2.05, 4.69) is 0 Å². The van der Waals surface area contributed by atoms with Crippen molar-refractivity contribution >= 4 is 23.3 Å². The van der Waals surface area contributed by atoms with E-state index in [1.54, 1.807) is 25.1 Å². The Kier molecular flexibility index (Phi) is 6.29. The zero-order chi connectivity index (χ0) is 21.0. The molecule has 7 nitrogen and oxygen atoms in total. The Balaban J connectivity index is 1.86. The van der Waals surface area contributed by atoms with Gasteiger partial charge in [-0.1, -0.05) is 30.3 Å². The summed E-state index contributed by atoms with van der Waals surface area (Å²) in [5, 5.41) is 9.39. The van der Waals surface area contributed by atoms with Gasteiger partial charge in [-0.3, -0.25) is 19.3 Å². The Morgan fingerprint density at radius 3 is 2.55 bits per heavy atom. The van der Waals surface area contributed by atoms with Gasteiger partial charge < -0.3 is 14.7 Å². The third kappa shape index (κ3) is 4.63. The maximum Gasteiger partial charge on any atom is 0.268 e. The number of amides is 2. The molecule has 2 aromatic rings. The van der Waals surface area contributed by atoms with E-state index in [1.807, 2.05) is 30.3 Å². The lowest BCUT2D eigenvalue weighted by Crippen LogP contribution is -2.49. The first-order valence-electron chi connectivity index (χ1n) is 9.46. The molecule has 1 atom stereocenters. The van der Waals surface area contributed by atoms with Crippen LogP contribution in [0.4, 0.5) is 5.69 Å². The number of ketones is 1. The quantitative estimate of drug-likeness (QED) is 0.724. The number of fused-ring (bicyclic) bond motifs is 1. The van der Waals surface area contributed by atoms with Crippen LogP contribution in [0.2, 0.25) is 0 Å². The molecule has 0 saturated carbocycles. The molecule has 2 amide bonds. The number of carbonyl (C=O) groups is 3. The summed E-state index contributed by atoms with van der Waals surface area (Å²) in [7, 11) is 0. The van der Waals surface area contributed by atoms with Crippen molar-refractivity contribution < 1.29 is 24.2 Å². The Morgan fingerprint density at radius 2 is 1.90 bits per heavy atom. The fraction of sp³-hybridized carbons (Fsp3) is 0.318. The molecule has 0 spiro atoms. The topological polar surface area (TPSA) is 87.2 Å². The van der Waals surface area contributed by atoms with Gasteiger partial charge in [0, 0.05) is 18.7 Å². The fourth-order valence-corrected chi connectivity index (χ4v) is 3.24. The summed E-state index contributed by atoms with van der Waals surface area (Å²) >= 11 is 0. The summed E-state index contributed by atoms with van der Waals surface area (Å²) in [6.07, 6.45) is -0.737. The van der Waals surface area contributed by atoms with Crippen LogP contribution in [0.5, 0.6) is 5.75 Å². The number of aliphatic hydroxyl groups excluding tert-OH is 1. The summed E-state index contributed by atoms with van der Waals surface area (Å²) in [5.74, 6) is -0.345. The van der Waals surface area contributed by atoms with E-state index in [0.717, 1.165) is 5.56 Å². The molecule has 1 unspecified atom stereocenters. The van der Waals surface area contributed by atoms with E-state index >= 15 is 0 Å². The molecule has 0 radical (unpaired) electrons. The van der Waals surface area contributed by atoms with Crippen LogP contribution in [0.1, 0.15) is 29.8 Å². The molecular formula is C22H24N2O5. The Morgan fingerprint density at radius 1 is 1.17 bits per heavy atom. The lowest BCUT2D eigenvalue weighted by Gasteiger charge is -2.34. The van der Waals surface area contributed by atoms with Crippen LogP contribution in [0, 0.1) is 0 Å². The van der Waals surface area contributed by atoms with Crippen LogP contribution >= 0.6 is 0 Å². The Hall–Kier alpha value is -3.19. The second kappa shape index (κ2) is 8.87. The number of carbonyl (C=O) groups excluding carboxylic acids is 3. The highest BCUT2D eigenvalue weighted by Crippen LogP contribution is 2.35. The molecule has 7 heteroatoms. The normalized spacial score (nSPS) is 15.5. The molecule has 0 aromatic heterocycles. The maximum atomic E-state index is 13.0. The van der Waals surface area contributed by atoms with Crippen molar-refractivity contribution in [2.45, 2.75) is 26.5 Å². The van der Waals surface area contributed by atoms with Gasteiger partial charge in [-0.05, 0) is 37.6 Å². The molecule has 0 fully saturated rings. The minimum Gasteiger partial charge on any atom is -0.479 e. The van der Waals surface area contributed by atoms with Gasteiger partial charge in [-0.2, -0.15) is 0 Å². The number of hydrogen-bond acceptors (Lipinski definition) is 5. The minimum atomic E-state index is -0.737. The van der Waals surface area contributed by atoms with Crippen molar-refractivity contribution in [2.75, 3.05) is 24.6 Å². The van der Waals surface area contributed by atoms with Crippen molar-refractivity contribution in [2.24, 2.45) is 0 Å². The number of ether oxygens (including phenoxy) is 1. The average Bonchev–Trinajstić information content (AvgIpc) is 2.71. The summed E-state index contributed by atoms with van der Waals surface area (Å²) in [6.45, 7) is 3.16. The van der Waals surface area contributed by atoms with E-state index in [9.17, 15) is 19.5 Å². The van der Waals surface area contributed by atoms with Crippen molar-refractivity contribution in [3.05, 3.63) is 59.7 Å². The Bertz CT molecular complexity index is 913. The summed E-state index contributed by atoms with van der Waals surface area (Å²) in [5.41, 5.74) is 1.76. The van der Waals surface area contributed by atoms with Gasteiger partial charge in [0.2, 0.25) is 5.91 Å². The van der Waals surface area contributed by atoms with E-state index in [4.69, 9.17) is 4.74 Å². The van der Waals surface area contributed by atoms with E-state index in [-0.39, 0.29) is 37.3 Å². The molecule has 0 bridgehead atoms. The highest BCUT2D eigenvalue weighted by atomic mass is 16.5. The van der Waals surface area contributed by atoms with E-state index in [1.165, 1.54) is 16.7 Å². The molecule has 0 aliphatic carbocycles. The number of Topliss-reactive ketones (excluding diaryl/α,β-unsaturated/α-hetero) is 1. The van der Waals surface area contributed by atoms with Gasteiger partial charge in [0.05, 0.1) is 12.3 Å². The van der Waals surface area contributed by atoms with Gasteiger partial charge in [-0.25, -0.2) is 0 Å². The van der Waals surface area contributed by atoms with Crippen LogP contribution in [0.25, 0.3) is 0 Å². The van der Waals surface area contributed by atoms with Crippen LogP contribution in [-0.4, -0.2) is 53.4 Å². The zero-order valence-electron chi connectivity index (χ0n) is 16.5. The standard InChI is InChI=1S/C22H24N2O5/c1-15(26)18-8-9-20-19(12-18)24(22(28)16(2)29-20)14-21(27)23(10-11-25)13-17-6-4-3-5-7-17/h3-9,12,16,25H,10-11,13-14H2,1-2H3. The number of hydrogen-bond donors (Lipinski definition) is 1. The molecule has 29 heavy (non-hydrogen) atoms. The summed E-state index contributed by atoms with van der Waals surface area (Å²) in [4.78, 5) is 40.4. The second-order valence-electron chi connectivity index (χ2n) is 6.95. The lowest BCUT2D eigenvalue weighted by atomic mass is 10.1. The zero-order valence-corrected chi connectivity index (χ0v) is 16.5. The highest BCUT2D eigenvalue weighted by Gasteiger charge is 2.34. The molecule has 152 valence electrons. The van der Waals surface area contributed by atoms with Crippen LogP contribution in [0.3, 0.4) is 0 Å². The van der Waals surface area contributed by atoms with Crippen molar-refractivity contribution in [3.8, 4) is 5.75 Å². The van der Waals surface area contributed by atoms with E-state index < -0.39 is 6.10 Å². The number of nitrogens with zero attached hydrogens (tertiary/aromatic N) is 2. The minimum absolute atomic E-state index is 0.142. The SMILES string of the molecule is CC(=O)c1ccc2c(c1)N(CC(=O)N(CCO)Cc1ccccc1)C(=O)C(C)O2. The van der Waals surface area contributed by atoms with Gasteiger partial charge in [0.15, 0.2) is 11.9 Å². The van der Waals surface area contributed by atoms with Gasteiger partial charge in [0.25, 0.3) is 5.91 Å². The Labute approximate surface area is 169 Å². The number of anilines is 1. The number of benzene rings is 2. The van der Waals surface area contributed by atoms with Crippen LogP contribution < -0.4 is 9.64 Å². The van der Waals surface area contributed by atoms with E-state index in [0.29, 0.717) is 23.5 Å².